The summed E-state index contributed by atoms with van der Waals surface area (Å²) < 4.78 is 5.59. The van der Waals surface area contributed by atoms with Gasteiger partial charge < -0.3 is 25.6 Å². The van der Waals surface area contributed by atoms with Crippen LogP contribution in [0.3, 0.4) is 0 Å². The standard InChI is InChI=1S/C25H28N2O6/c28-22(24(30)31)12-13-26-23(29)19-10-5-11-21(19)27-25(32)33-14-20-17-8-3-1-6-15(17)16-7-2-4-9-18(16)20/h1-4,6-9,19-22,28H,5,10-14H2,(H,26,29)(H,27,32)(H,30,31)/t19-,21+,22?/m0/s1. The first-order chi connectivity index (χ1) is 16.0. The van der Waals surface area contributed by atoms with Crippen LogP contribution in [0.25, 0.3) is 11.1 Å². The summed E-state index contributed by atoms with van der Waals surface area (Å²) in [5, 5.41) is 23.5. The third-order valence-electron chi connectivity index (χ3n) is 6.50. The Bertz CT molecular complexity index is 994. The van der Waals surface area contributed by atoms with Crippen molar-refractivity contribution in [2.24, 2.45) is 5.92 Å². The van der Waals surface area contributed by atoms with Gasteiger partial charge in [-0.25, -0.2) is 9.59 Å². The smallest absolute Gasteiger partial charge is 0.407 e. The fourth-order valence-corrected chi connectivity index (χ4v) is 4.82. The van der Waals surface area contributed by atoms with Crippen LogP contribution >= 0.6 is 0 Å². The van der Waals surface area contributed by atoms with E-state index in [1.807, 2.05) is 24.3 Å². The Morgan fingerprint density at radius 1 is 1.00 bits per heavy atom. The van der Waals surface area contributed by atoms with Gasteiger partial charge >= 0.3 is 12.1 Å². The number of carbonyl (C=O) groups excluding carboxylic acids is 2. The Morgan fingerprint density at radius 2 is 1.64 bits per heavy atom. The quantitative estimate of drug-likeness (QED) is 0.488. The second-order valence-corrected chi connectivity index (χ2v) is 8.55. The number of carbonyl (C=O) groups is 3. The number of rotatable bonds is 8. The third-order valence-corrected chi connectivity index (χ3v) is 6.50. The molecular weight excluding hydrogens is 424 g/mol. The molecule has 0 aliphatic heterocycles. The molecule has 2 aromatic rings. The Labute approximate surface area is 192 Å². The normalized spacial score (nSPS) is 19.9. The molecule has 0 aromatic heterocycles. The van der Waals surface area contributed by atoms with Gasteiger partial charge in [0.15, 0.2) is 6.10 Å². The minimum Gasteiger partial charge on any atom is -0.479 e. The van der Waals surface area contributed by atoms with Crippen molar-refractivity contribution in [3.63, 3.8) is 0 Å². The van der Waals surface area contributed by atoms with Crippen molar-refractivity contribution in [2.75, 3.05) is 13.2 Å². The highest BCUT2D eigenvalue weighted by molar-refractivity contribution is 5.81. The molecule has 174 valence electrons. The van der Waals surface area contributed by atoms with E-state index in [4.69, 9.17) is 9.84 Å². The van der Waals surface area contributed by atoms with E-state index < -0.39 is 24.1 Å². The lowest BCUT2D eigenvalue weighted by molar-refractivity contribution is -0.147. The molecule has 0 radical (unpaired) electrons. The van der Waals surface area contributed by atoms with Crippen molar-refractivity contribution in [1.82, 2.24) is 10.6 Å². The number of benzene rings is 2. The highest BCUT2D eigenvalue weighted by Crippen LogP contribution is 2.44. The number of fused-ring (bicyclic) bond motifs is 3. The number of aliphatic hydroxyl groups is 1. The molecule has 33 heavy (non-hydrogen) atoms. The van der Waals surface area contributed by atoms with Gasteiger partial charge in [-0.05, 0) is 35.1 Å². The molecule has 8 nitrogen and oxygen atoms in total. The van der Waals surface area contributed by atoms with Crippen molar-refractivity contribution >= 4 is 18.0 Å². The summed E-state index contributed by atoms with van der Waals surface area (Å²) in [5.74, 6) is -2.02. The van der Waals surface area contributed by atoms with E-state index in [2.05, 4.69) is 34.9 Å². The van der Waals surface area contributed by atoms with E-state index in [9.17, 15) is 19.5 Å². The lowest BCUT2D eigenvalue weighted by Crippen LogP contribution is -2.45. The summed E-state index contributed by atoms with van der Waals surface area (Å²) in [4.78, 5) is 35.7. The fourth-order valence-electron chi connectivity index (χ4n) is 4.82. The zero-order valence-electron chi connectivity index (χ0n) is 18.2. The lowest BCUT2D eigenvalue weighted by atomic mass is 9.98. The number of nitrogens with one attached hydrogen (secondary N) is 2. The molecule has 4 rings (SSSR count). The maximum Gasteiger partial charge on any atom is 0.407 e. The van der Waals surface area contributed by atoms with E-state index in [0.717, 1.165) is 28.7 Å². The summed E-state index contributed by atoms with van der Waals surface area (Å²) in [6, 6.07) is 15.9. The maximum absolute atomic E-state index is 12.6. The molecule has 0 spiro atoms. The fraction of sp³-hybridized carbons (Fsp3) is 0.400. The number of ether oxygens (including phenoxy) is 1. The molecule has 2 aromatic carbocycles. The Hall–Kier alpha value is -3.39. The first kappa shape index (κ1) is 22.8. The molecule has 1 saturated carbocycles. The van der Waals surface area contributed by atoms with Crippen molar-refractivity contribution < 1.29 is 29.3 Å². The maximum atomic E-state index is 12.6. The van der Waals surface area contributed by atoms with Gasteiger partial charge in [0.1, 0.15) is 6.61 Å². The Kier molecular flexibility index (Phi) is 6.93. The van der Waals surface area contributed by atoms with Gasteiger partial charge in [0.2, 0.25) is 5.91 Å². The predicted octanol–water partition coefficient (Wildman–Crippen LogP) is 2.65. The average molecular weight is 453 g/mol. The second-order valence-electron chi connectivity index (χ2n) is 8.55. The summed E-state index contributed by atoms with van der Waals surface area (Å²) in [6.45, 7) is 0.261. The monoisotopic (exact) mass is 452 g/mol. The number of amides is 2. The molecule has 0 bridgehead atoms. The van der Waals surface area contributed by atoms with Crippen molar-refractivity contribution in [1.29, 1.82) is 0 Å². The third kappa shape index (κ3) is 5.01. The Morgan fingerprint density at radius 3 is 2.27 bits per heavy atom. The van der Waals surface area contributed by atoms with Crippen LogP contribution in [0.15, 0.2) is 48.5 Å². The predicted molar refractivity (Wildman–Crippen MR) is 121 cm³/mol. The zero-order chi connectivity index (χ0) is 23.4. The molecule has 1 fully saturated rings. The van der Waals surface area contributed by atoms with Crippen LogP contribution in [-0.2, 0) is 14.3 Å². The largest absolute Gasteiger partial charge is 0.479 e. The number of aliphatic carboxylic acids is 1. The van der Waals surface area contributed by atoms with Crippen molar-refractivity contribution in [3.8, 4) is 11.1 Å². The van der Waals surface area contributed by atoms with Crippen LogP contribution in [0.1, 0.15) is 42.7 Å². The van der Waals surface area contributed by atoms with Gasteiger partial charge in [0.05, 0.1) is 5.92 Å². The van der Waals surface area contributed by atoms with Gasteiger partial charge in [-0.2, -0.15) is 0 Å². The first-order valence-corrected chi connectivity index (χ1v) is 11.3. The van der Waals surface area contributed by atoms with E-state index >= 15 is 0 Å². The molecule has 2 amide bonds. The van der Waals surface area contributed by atoms with Gasteiger partial charge in [0, 0.05) is 24.9 Å². The first-order valence-electron chi connectivity index (χ1n) is 11.3. The number of carboxylic acids is 1. The molecule has 3 atom stereocenters. The lowest BCUT2D eigenvalue weighted by Gasteiger charge is -2.21. The van der Waals surface area contributed by atoms with E-state index in [0.29, 0.717) is 12.8 Å². The van der Waals surface area contributed by atoms with E-state index in [-0.39, 0.29) is 37.4 Å². The molecule has 2 aliphatic rings. The highest BCUT2D eigenvalue weighted by atomic mass is 16.5. The molecule has 0 heterocycles. The summed E-state index contributed by atoms with van der Waals surface area (Å²) >= 11 is 0. The topological polar surface area (TPSA) is 125 Å². The number of aliphatic hydroxyl groups excluding tert-OH is 1. The Balaban J connectivity index is 1.31. The molecule has 0 saturated heterocycles. The summed E-state index contributed by atoms with van der Waals surface area (Å²) in [6.07, 6.45) is -0.0455. The molecule has 1 unspecified atom stereocenters. The molecule has 4 N–H and O–H groups in total. The molecular formula is C25H28N2O6. The number of alkyl carbamates (subject to hydrolysis) is 1. The molecule has 2 aliphatic carbocycles. The van der Waals surface area contributed by atoms with Crippen LogP contribution in [0, 0.1) is 5.92 Å². The van der Waals surface area contributed by atoms with Crippen LogP contribution in [0.4, 0.5) is 4.79 Å². The van der Waals surface area contributed by atoms with Gasteiger partial charge in [-0.3, -0.25) is 4.79 Å². The van der Waals surface area contributed by atoms with Crippen LogP contribution in [0.5, 0.6) is 0 Å². The minimum atomic E-state index is -1.51. The van der Waals surface area contributed by atoms with Gasteiger partial charge in [-0.15, -0.1) is 0 Å². The number of hydrogen-bond donors (Lipinski definition) is 4. The minimum absolute atomic E-state index is 0.0357. The average Bonchev–Trinajstić information content (AvgIpc) is 3.40. The van der Waals surface area contributed by atoms with Crippen LogP contribution in [0.2, 0.25) is 0 Å². The molecule has 8 heteroatoms. The summed E-state index contributed by atoms with van der Waals surface area (Å²) in [7, 11) is 0. The zero-order valence-corrected chi connectivity index (χ0v) is 18.2. The van der Waals surface area contributed by atoms with Crippen molar-refractivity contribution in [3.05, 3.63) is 59.7 Å². The van der Waals surface area contributed by atoms with Gasteiger partial charge in [0.25, 0.3) is 0 Å². The van der Waals surface area contributed by atoms with E-state index in [1.165, 1.54) is 0 Å². The van der Waals surface area contributed by atoms with E-state index in [1.54, 1.807) is 0 Å². The number of carboxylic acid groups (broad SMARTS) is 1. The highest BCUT2D eigenvalue weighted by Gasteiger charge is 2.35. The van der Waals surface area contributed by atoms with Crippen LogP contribution in [-0.4, -0.2) is 53.5 Å². The van der Waals surface area contributed by atoms with Gasteiger partial charge in [-0.1, -0.05) is 55.0 Å². The summed E-state index contributed by atoms with van der Waals surface area (Å²) in [5.41, 5.74) is 4.58. The SMILES string of the molecule is O=C(N[C@@H]1CCC[C@@H]1C(=O)NCCC(O)C(=O)O)OCC1c2ccccc2-c2ccccc21. The van der Waals surface area contributed by atoms with Crippen molar-refractivity contribution in [2.45, 2.75) is 43.7 Å². The number of hydrogen-bond acceptors (Lipinski definition) is 5. The van der Waals surface area contributed by atoms with Crippen LogP contribution < -0.4 is 10.6 Å². The second kappa shape index (κ2) is 10.0.